The fourth-order valence-corrected chi connectivity index (χ4v) is 4.28. The lowest BCUT2D eigenvalue weighted by Crippen LogP contribution is -2.15. The molecule has 34 heavy (non-hydrogen) atoms. The second-order valence-corrected chi connectivity index (χ2v) is 8.49. The molecule has 1 aromatic heterocycles. The number of hydrogen-bond donors (Lipinski definition) is 1. The van der Waals surface area contributed by atoms with Gasteiger partial charge in [-0.2, -0.15) is 0 Å². The molecule has 0 aliphatic rings. The topological polar surface area (TPSA) is 78.3 Å². The zero-order chi connectivity index (χ0) is 23.9. The number of hydrogen-bond acceptors (Lipinski definition) is 6. The molecule has 1 amide bonds. The predicted molar refractivity (Wildman–Crippen MR) is 135 cm³/mol. The molecular formula is C25H23ClN4O3S. The van der Waals surface area contributed by atoms with E-state index < -0.39 is 0 Å². The average molecular weight is 495 g/mol. The van der Waals surface area contributed by atoms with E-state index in [0.717, 1.165) is 17.0 Å². The van der Waals surface area contributed by atoms with Crippen LogP contribution in [0.1, 0.15) is 6.92 Å². The Bertz CT molecular complexity index is 1280. The molecule has 7 nitrogen and oxygen atoms in total. The number of ether oxygens (including phenoxy) is 2. The Morgan fingerprint density at radius 1 is 1.06 bits per heavy atom. The SMILES string of the molecule is CCOc1ccc(-n2c(SCC(=O)Nc3ccccc3OC)nnc2-c2cccc(Cl)c2)cc1. The van der Waals surface area contributed by atoms with Crippen molar-refractivity contribution in [3.05, 3.63) is 77.8 Å². The number of carbonyl (C=O) groups excluding carboxylic acids is 1. The number of nitrogens with one attached hydrogen (secondary N) is 1. The zero-order valence-corrected chi connectivity index (χ0v) is 20.3. The summed E-state index contributed by atoms with van der Waals surface area (Å²) < 4.78 is 12.8. The first kappa shape index (κ1) is 23.7. The molecule has 1 heterocycles. The van der Waals surface area contributed by atoms with Crippen molar-refractivity contribution in [2.24, 2.45) is 0 Å². The van der Waals surface area contributed by atoms with Gasteiger partial charge in [-0.25, -0.2) is 0 Å². The van der Waals surface area contributed by atoms with Crippen LogP contribution in [0.25, 0.3) is 17.1 Å². The molecule has 0 unspecified atom stereocenters. The molecule has 3 aromatic carbocycles. The lowest BCUT2D eigenvalue weighted by Gasteiger charge is -2.12. The number of halogens is 1. The number of aromatic nitrogens is 3. The highest BCUT2D eigenvalue weighted by Crippen LogP contribution is 2.30. The van der Waals surface area contributed by atoms with Gasteiger partial charge in [0.25, 0.3) is 0 Å². The predicted octanol–water partition coefficient (Wildman–Crippen LogP) is 5.73. The third-order valence-corrected chi connectivity index (χ3v) is 6.00. The maximum atomic E-state index is 12.7. The van der Waals surface area contributed by atoms with Crippen molar-refractivity contribution in [3.63, 3.8) is 0 Å². The minimum absolute atomic E-state index is 0.142. The van der Waals surface area contributed by atoms with E-state index in [1.165, 1.54) is 11.8 Å². The number of amides is 1. The molecule has 0 bridgehead atoms. The molecule has 0 aliphatic carbocycles. The van der Waals surface area contributed by atoms with Gasteiger partial charge in [-0.1, -0.05) is 47.6 Å². The first-order valence-electron chi connectivity index (χ1n) is 10.6. The van der Waals surface area contributed by atoms with Gasteiger partial charge in [-0.15, -0.1) is 10.2 Å². The molecule has 4 rings (SSSR count). The van der Waals surface area contributed by atoms with E-state index in [1.807, 2.05) is 66.1 Å². The van der Waals surface area contributed by atoms with Gasteiger partial charge >= 0.3 is 0 Å². The van der Waals surface area contributed by atoms with Crippen LogP contribution in [0.5, 0.6) is 11.5 Å². The van der Waals surface area contributed by atoms with E-state index in [9.17, 15) is 4.79 Å². The lowest BCUT2D eigenvalue weighted by molar-refractivity contribution is -0.113. The highest BCUT2D eigenvalue weighted by atomic mass is 35.5. The number of carbonyl (C=O) groups is 1. The Balaban J connectivity index is 1.61. The molecule has 0 spiro atoms. The molecular weight excluding hydrogens is 472 g/mol. The number of para-hydroxylation sites is 2. The summed E-state index contributed by atoms with van der Waals surface area (Å²) >= 11 is 7.51. The third kappa shape index (κ3) is 5.52. The monoisotopic (exact) mass is 494 g/mol. The normalized spacial score (nSPS) is 10.7. The average Bonchev–Trinajstić information content (AvgIpc) is 3.28. The van der Waals surface area contributed by atoms with Gasteiger partial charge in [-0.3, -0.25) is 9.36 Å². The fraction of sp³-hybridized carbons (Fsp3) is 0.160. The van der Waals surface area contributed by atoms with E-state index >= 15 is 0 Å². The van der Waals surface area contributed by atoms with Crippen LogP contribution >= 0.6 is 23.4 Å². The van der Waals surface area contributed by atoms with Crippen LogP contribution in [0, 0.1) is 0 Å². The van der Waals surface area contributed by atoms with Crippen molar-refractivity contribution in [1.29, 1.82) is 0 Å². The van der Waals surface area contributed by atoms with Crippen LogP contribution in [0.15, 0.2) is 78.0 Å². The summed E-state index contributed by atoms with van der Waals surface area (Å²) in [4.78, 5) is 12.7. The number of rotatable bonds is 9. The first-order valence-corrected chi connectivity index (χ1v) is 12.0. The van der Waals surface area contributed by atoms with Crippen LogP contribution in [0.3, 0.4) is 0 Å². The molecule has 174 valence electrons. The van der Waals surface area contributed by atoms with Crippen molar-refractivity contribution in [1.82, 2.24) is 14.8 Å². The number of thioether (sulfide) groups is 1. The smallest absolute Gasteiger partial charge is 0.234 e. The highest BCUT2D eigenvalue weighted by Gasteiger charge is 2.18. The van der Waals surface area contributed by atoms with Crippen molar-refractivity contribution >= 4 is 35.0 Å². The Labute approximate surface area is 207 Å². The van der Waals surface area contributed by atoms with Gasteiger partial charge in [0.05, 0.1) is 25.2 Å². The molecule has 0 atom stereocenters. The number of nitrogens with zero attached hydrogens (tertiary/aromatic N) is 3. The Hall–Kier alpha value is -3.49. The summed E-state index contributed by atoms with van der Waals surface area (Å²) in [5, 5.41) is 12.8. The molecule has 9 heteroatoms. The van der Waals surface area contributed by atoms with E-state index in [-0.39, 0.29) is 11.7 Å². The minimum atomic E-state index is -0.181. The fourth-order valence-electron chi connectivity index (χ4n) is 3.33. The van der Waals surface area contributed by atoms with Crippen molar-refractivity contribution < 1.29 is 14.3 Å². The van der Waals surface area contributed by atoms with Crippen molar-refractivity contribution in [2.75, 3.05) is 24.8 Å². The van der Waals surface area contributed by atoms with Gasteiger partial charge in [-0.05, 0) is 55.5 Å². The second-order valence-electron chi connectivity index (χ2n) is 7.12. The van der Waals surface area contributed by atoms with Crippen molar-refractivity contribution in [2.45, 2.75) is 12.1 Å². The third-order valence-electron chi connectivity index (χ3n) is 4.84. The van der Waals surface area contributed by atoms with E-state index in [0.29, 0.717) is 34.0 Å². The summed E-state index contributed by atoms with van der Waals surface area (Å²) in [6.45, 7) is 2.53. The van der Waals surface area contributed by atoms with Crippen LogP contribution < -0.4 is 14.8 Å². The van der Waals surface area contributed by atoms with Crippen LogP contribution in [0.2, 0.25) is 5.02 Å². The molecule has 0 aliphatic heterocycles. The second kappa shape index (κ2) is 11.1. The zero-order valence-electron chi connectivity index (χ0n) is 18.7. The molecule has 4 aromatic rings. The maximum absolute atomic E-state index is 12.7. The quantitative estimate of drug-likeness (QED) is 0.299. The summed E-state index contributed by atoms with van der Waals surface area (Å²) in [7, 11) is 1.57. The van der Waals surface area contributed by atoms with E-state index in [2.05, 4.69) is 15.5 Å². The van der Waals surface area contributed by atoms with E-state index in [1.54, 1.807) is 25.3 Å². The summed E-state index contributed by atoms with van der Waals surface area (Å²) in [6.07, 6.45) is 0. The molecule has 0 fully saturated rings. The van der Waals surface area contributed by atoms with Crippen molar-refractivity contribution in [3.8, 4) is 28.6 Å². The van der Waals surface area contributed by atoms with Crippen LogP contribution in [0.4, 0.5) is 5.69 Å². The Morgan fingerprint density at radius 3 is 2.59 bits per heavy atom. The maximum Gasteiger partial charge on any atom is 0.234 e. The number of benzene rings is 3. The largest absolute Gasteiger partial charge is 0.495 e. The number of anilines is 1. The highest BCUT2D eigenvalue weighted by molar-refractivity contribution is 7.99. The van der Waals surface area contributed by atoms with E-state index in [4.69, 9.17) is 21.1 Å². The standard InChI is InChI=1S/C25H23ClN4O3S/c1-3-33-20-13-11-19(12-14-20)30-24(17-7-6-8-18(26)15-17)28-29-25(30)34-16-23(31)27-21-9-4-5-10-22(21)32-2/h4-15H,3,16H2,1-2H3,(H,27,31). The summed E-state index contributed by atoms with van der Waals surface area (Å²) in [6, 6.07) is 22.3. The Morgan fingerprint density at radius 2 is 1.85 bits per heavy atom. The molecule has 0 radical (unpaired) electrons. The van der Waals surface area contributed by atoms with Gasteiger partial charge in [0.15, 0.2) is 11.0 Å². The number of methoxy groups -OCH3 is 1. The Kier molecular flexibility index (Phi) is 7.72. The molecule has 0 saturated carbocycles. The van der Waals surface area contributed by atoms with Gasteiger partial charge in [0.1, 0.15) is 11.5 Å². The van der Waals surface area contributed by atoms with Gasteiger partial charge < -0.3 is 14.8 Å². The first-order chi connectivity index (χ1) is 16.6. The van der Waals surface area contributed by atoms with Gasteiger partial charge in [0, 0.05) is 16.3 Å². The summed E-state index contributed by atoms with van der Waals surface area (Å²) in [5.41, 5.74) is 2.28. The minimum Gasteiger partial charge on any atom is -0.495 e. The van der Waals surface area contributed by atoms with Crippen LogP contribution in [-0.2, 0) is 4.79 Å². The lowest BCUT2D eigenvalue weighted by atomic mass is 10.2. The van der Waals surface area contributed by atoms with Gasteiger partial charge in [0.2, 0.25) is 5.91 Å². The van der Waals surface area contributed by atoms with Crippen LogP contribution in [-0.4, -0.2) is 40.1 Å². The molecule has 1 N–H and O–H groups in total. The molecule has 0 saturated heterocycles. The summed E-state index contributed by atoms with van der Waals surface area (Å²) in [5.74, 6) is 1.96.